The summed E-state index contributed by atoms with van der Waals surface area (Å²) in [4.78, 5) is 35.7. The summed E-state index contributed by atoms with van der Waals surface area (Å²) in [6, 6.07) is 14.9. The van der Waals surface area contributed by atoms with E-state index in [-0.39, 0.29) is 5.92 Å². The highest BCUT2D eigenvalue weighted by Gasteiger charge is 2.22. The lowest BCUT2D eigenvalue weighted by molar-refractivity contribution is -0.122. The monoisotopic (exact) mass is 407 g/mol. The van der Waals surface area contributed by atoms with Crippen molar-refractivity contribution >= 4 is 17.4 Å². The van der Waals surface area contributed by atoms with Crippen molar-refractivity contribution in [2.24, 2.45) is 5.92 Å². The van der Waals surface area contributed by atoms with Crippen molar-refractivity contribution in [2.45, 2.75) is 38.5 Å². The number of aromatic nitrogens is 3. The van der Waals surface area contributed by atoms with E-state index in [0.29, 0.717) is 40.9 Å². The summed E-state index contributed by atoms with van der Waals surface area (Å²) in [6.07, 6.45) is 5.55. The highest BCUT2D eigenvalue weighted by Crippen LogP contribution is 2.29. The smallest absolute Gasteiger partial charge is 0.299 e. The van der Waals surface area contributed by atoms with Crippen molar-refractivity contribution < 1.29 is 4.79 Å². The molecule has 0 atom stereocenters. The van der Waals surface area contributed by atoms with E-state index in [1.165, 1.54) is 0 Å². The zero-order chi connectivity index (χ0) is 20.2. The summed E-state index contributed by atoms with van der Waals surface area (Å²) in [7, 11) is 0. The van der Waals surface area contributed by atoms with E-state index in [0.717, 1.165) is 36.8 Å². The maximum Gasteiger partial charge on any atom is 0.348 e. The first-order valence-electron chi connectivity index (χ1n) is 9.95. The highest BCUT2D eigenvalue weighted by molar-refractivity contribution is 6.33. The van der Waals surface area contributed by atoms with Gasteiger partial charge in [-0.3, -0.25) is 9.78 Å². The molecule has 0 saturated heterocycles. The average molecular weight is 408 g/mol. The van der Waals surface area contributed by atoms with Gasteiger partial charge in [0.1, 0.15) is 11.6 Å². The van der Waals surface area contributed by atoms with E-state index < -0.39 is 5.69 Å². The Morgan fingerprint density at radius 3 is 2.59 bits per heavy atom. The number of carbonyl (C=O) groups is 1. The summed E-state index contributed by atoms with van der Waals surface area (Å²) >= 11 is 6.40. The topological polar surface area (TPSA) is 75.7 Å². The molecule has 0 aliphatic heterocycles. The van der Waals surface area contributed by atoms with E-state index in [9.17, 15) is 9.59 Å². The predicted molar refractivity (Wildman–Crippen MR) is 114 cm³/mol. The van der Waals surface area contributed by atoms with Crippen LogP contribution in [0, 0.1) is 5.92 Å². The number of carbonyl (C=O) groups excluding carboxylic acids is 1. The van der Waals surface area contributed by atoms with Gasteiger partial charge in [0, 0.05) is 23.5 Å². The van der Waals surface area contributed by atoms with Crippen LogP contribution in [0.3, 0.4) is 0 Å². The largest absolute Gasteiger partial charge is 0.348 e. The number of nitrogens with one attached hydrogen (secondary N) is 1. The molecule has 5 nitrogen and oxygen atoms in total. The van der Waals surface area contributed by atoms with Gasteiger partial charge in [-0.15, -0.1) is 0 Å². The summed E-state index contributed by atoms with van der Waals surface area (Å²) in [5.74, 6) is 1.30. The van der Waals surface area contributed by atoms with Gasteiger partial charge in [0.15, 0.2) is 5.82 Å². The third-order valence-corrected chi connectivity index (χ3v) is 5.77. The molecule has 2 aromatic carbocycles. The fourth-order valence-electron chi connectivity index (χ4n) is 3.86. The van der Waals surface area contributed by atoms with Gasteiger partial charge < -0.3 is 0 Å². The van der Waals surface area contributed by atoms with Crippen LogP contribution in [0.1, 0.15) is 37.7 Å². The van der Waals surface area contributed by atoms with Crippen molar-refractivity contribution in [3.8, 4) is 22.8 Å². The standard InChI is InChI=1S/C23H22ClN3O2/c24-19-12-10-15(11-13-20(28)16-6-4-5-7-16)14-18(19)22-25-21(26-23(29)27-22)17-8-2-1-3-9-17/h1-3,8-10,12,14,16H,4-7,11,13H2,(H,25,26,27,29). The average Bonchev–Trinajstić information content (AvgIpc) is 3.28. The van der Waals surface area contributed by atoms with Crippen molar-refractivity contribution in [3.05, 3.63) is 69.6 Å². The Kier molecular flexibility index (Phi) is 5.86. The van der Waals surface area contributed by atoms with Gasteiger partial charge in [-0.2, -0.15) is 4.98 Å². The normalized spacial score (nSPS) is 14.2. The number of hydrogen-bond donors (Lipinski definition) is 1. The van der Waals surface area contributed by atoms with Crippen molar-refractivity contribution in [2.75, 3.05) is 0 Å². The minimum atomic E-state index is -0.480. The lowest BCUT2D eigenvalue weighted by atomic mass is 9.96. The number of aromatic amines is 1. The molecule has 1 N–H and O–H groups in total. The molecule has 0 radical (unpaired) electrons. The highest BCUT2D eigenvalue weighted by atomic mass is 35.5. The van der Waals surface area contributed by atoms with Crippen LogP contribution in [0.4, 0.5) is 0 Å². The Bertz CT molecular complexity index is 1070. The van der Waals surface area contributed by atoms with E-state index in [1.54, 1.807) is 6.07 Å². The number of aryl methyl sites for hydroxylation is 1. The zero-order valence-electron chi connectivity index (χ0n) is 16.0. The molecular formula is C23H22ClN3O2. The third kappa shape index (κ3) is 4.62. The molecule has 1 heterocycles. The van der Waals surface area contributed by atoms with E-state index in [2.05, 4.69) is 15.0 Å². The van der Waals surface area contributed by atoms with Gasteiger partial charge in [0.25, 0.3) is 0 Å². The van der Waals surface area contributed by atoms with Crippen molar-refractivity contribution in [1.82, 2.24) is 15.0 Å². The van der Waals surface area contributed by atoms with Gasteiger partial charge in [-0.25, -0.2) is 9.78 Å². The van der Waals surface area contributed by atoms with Crippen LogP contribution < -0.4 is 5.69 Å². The number of rotatable bonds is 6. The predicted octanol–water partition coefficient (Wildman–Crippen LogP) is 4.84. The molecule has 0 unspecified atom stereocenters. The van der Waals surface area contributed by atoms with E-state index in [1.807, 2.05) is 42.5 Å². The van der Waals surface area contributed by atoms with Crippen molar-refractivity contribution in [1.29, 1.82) is 0 Å². The molecule has 0 bridgehead atoms. The molecular weight excluding hydrogens is 386 g/mol. The number of nitrogens with zero attached hydrogens (tertiary/aromatic N) is 2. The Morgan fingerprint density at radius 1 is 1.07 bits per heavy atom. The van der Waals surface area contributed by atoms with Crippen LogP contribution >= 0.6 is 11.6 Å². The summed E-state index contributed by atoms with van der Waals surface area (Å²) < 4.78 is 0. The molecule has 6 heteroatoms. The molecule has 1 aliphatic rings. The SMILES string of the molecule is O=C(CCc1ccc(Cl)c(-c2nc(-c3ccccc3)nc(=O)[nH]2)c1)C1CCCC1. The molecule has 0 spiro atoms. The van der Waals surface area contributed by atoms with Crippen LogP contribution in [0.2, 0.25) is 5.02 Å². The maximum atomic E-state index is 12.4. The minimum absolute atomic E-state index is 0.230. The molecule has 1 aliphatic carbocycles. The molecule has 4 rings (SSSR count). The molecule has 3 aromatic rings. The number of H-pyrrole nitrogens is 1. The van der Waals surface area contributed by atoms with Gasteiger partial charge in [-0.1, -0.05) is 60.8 Å². The number of halogens is 1. The van der Waals surface area contributed by atoms with Crippen LogP contribution in [-0.2, 0) is 11.2 Å². The Labute approximate surface area is 174 Å². The second-order valence-electron chi connectivity index (χ2n) is 7.45. The number of ketones is 1. The Morgan fingerprint density at radius 2 is 1.83 bits per heavy atom. The first-order valence-corrected chi connectivity index (χ1v) is 10.3. The summed E-state index contributed by atoms with van der Waals surface area (Å²) in [6.45, 7) is 0. The fraction of sp³-hybridized carbons (Fsp3) is 0.304. The molecule has 0 amide bonds. The first-order chi connectivity index (χ1) is 14.1. The lowest BCUT2D eigenvalue weighted by Crippen LogP contribution is -2.14. The van der Waals surface area contributed by atoms with Crippen molar-refractivity contribution in [3.63, 3.8) is 0 Å². The summed E-state index contributed by atoms with van der Waals surface area (Å²) in [5.41, 5.74) is 1.91. The second-order valence-corrected chi connectivity index (χ2v) is 7.86. The van der Waals surface area contributed by atoms with Crippen LogP contribution in [0.15, 0.2) is 53.3 Å². The van der Waals surface area contributed by atoms with E-state index >= 15 is 0 Å². The van der Waals surface area contributed by atoms with Gasteiger partial charge in [0.2, 0.25) is 0 Å². The third-order valence-electron chi connectivity index (χ3n) is 5.44. The Hall–Kier alpha value is -2.79. The van der Waals surface area contributed by atoms with Crippen LogP contribution in [-0.4, -0.2) is 20.7 Å². The van der Waals surface area contributed by atoms with Crippen LogP contribution in [0.25, 0.3) is 22.8 Å². The second kappa shape index (κ2) is 8.70. The molecule has 29 heavy (non-hydrogen) atoms. The molecule has 148 valence electrons. The zero-order valence-corrected chi connectivity index (χ0v) is 16.8. The molecule has 1 aromatic heterocycles. The number of Topliss-reactive ketones (excluding diaryl/α,β-unsaturated/α-hetero) is 1. The van der Waals surface area contributed by atoms with Gasteiger partial charge >= 0.3 is 5.69 Å². The van der Waals surface area contributed by atoms with E-state index in [4.69, 9.17) is 11.6 Å². The van der Waals surface area contributed by atoms with Gasteiger partial charge in [0.05, 0.1) is 5.02 Å². The fourth-order valence-corrected chi connectivity index (χ4v) is 4.06. The van der Waals surface area contributed by atoms with Crippen LogP contribution in [0.5, 0.6) is 0 Å². The lowest BCUT2D eigenvalue weighted by Gasteiger charge is -2.10. The minimum Gasteiger partial charge on any atom is -0.299 e. The number of hydrogen-bond acceptors (Lipinski definition) is 4. The Balaban J connectivity index is 1.60. The first kappa shape index (κ1) is 19.5. The van der Waals surface area contributed by atoms with Gasteiger partial charge in [-0.05, 0) is 37.0 Å². The summed E-state index contributed by atoms with van der Waals surface area (Å²) in [5, 5.41) is 0.490. The maximum absolute atomic E-state index is 12.4. The quantitative estimate of drug-likeness (QED) is 0.634. The molecule has 1 saturated carbocycles. The number of benzene rings is 2. The molecule has 1 fully saturated rings.